The highest BCUT2D eigenvalue weighted by Crippen LogP contribution is 2.39. The van der Waals surface area contributed by atoms with Crippen molar-refractivity contribution in [3.8, 4) is 23.0 Å². The summed E-state index contributed by atoms with van der Waals surface area (Å²) in [6.45, 7) is 18.0. The highest BCUT2D eigenvalue weighted by Gasteiger charge is 2.24. The van der Waals surface area contributed by atoms with Crippen molar-refractivity contribution in [1.29, 1.82) is 0 Å². The molecule has 4 heteroatoms. The van der Waals surface area contributed by atoms with Gasteiger partial charge in [0, 0.05) is 16.7 Å². The molecule has 0 radical (unpaired) electrons. The lowest BCUT2D eigenvalue weighted by Gasteiger charge is -2.25. The molecule has 2 aromatic carbocycles. The van der Waals surface area contributed by atoms with E-state index in [0.717, 1.165) is 16.7 Å². The van der Waals surface area contributed by atoms with E-state index >= 15 is 0 Å². The molecule has 0 atom stereocenters. The number of hydrogen-bond donors (Lipinski definition) is 4. The fourth-order valence-corrected chi connectivity index (χ4v) is 2.90. The largest absolute Gasteiger partial charge is 0.508 e. The van der Waals surface area contributed by atoms with Gasteiger partial charge in [-0.25, -0.2) is 0 Å². The van der Waals surface area contributed by atoms with E-state index in [-0.39, 0.29) is 39.2 Å². The van der Waals surface area contributed by atoms with Crippen LogP contribution in [0.5, 0.6) is 23.0 Å². The lowest BCUT2D eigenvalue weighted by Crippen LogP contribution is -2.15. The van der Waals surface area contributed by atoms with Crippen LogP contribution in [0.25, 0.3) is 0 Å². The second-order valence-electron chi connectivity index (χ2n) is 10.3. The molecule has 0 heterocycles. The Labute approximate surface area is 169 Å². The minimum Gasteiger partial charge on any atom is -0.508 e. The lowest BCUT2D eigenvalue weighted by molar-refractivity contribution is 0.419. The van der Waals surface area contributed by atoms with Crippen LogP contribution < -0.4 is 0 Å². The van der Waals surface area contributed by atoms with Gasteiger partial charge < -0.3 is 20.4 Å². The molecule has 0 fully saturated rings. The van der Waals surface area contributed by atoms with E-state index in [1.54, 1.807) is 18.2 Å². The molecular weight excluding hydrogens is 352 g/mol. The van der Waals surface area contributed by atoms with Gasteiger partial charge in [0.15, 0.2) is 0 Å². The average Bonchev–Trinajstić information content (AvgIpc) is 2.49. The highest BCUT2D eigenvalue weighted by molar-refractivity contribution is 5.50. The first-order valence-corrected chi connectivity index (χ1v) is 9.54. The van der Waals surface area contributed by atoms with Crippen molar-refractivity contribution < 1.29 is 20.4 Å². The Morgan fingerprint density at radius 3 is 1.07 bits per heavy atom. The van der Waals surface area contributed by atoms with Crippen LogP contribution in [0.15, 0.2) is 30.3 Å². The maximum absolute atomic E-state index is 10.0. The van der Waals surface area contributed by atoms with E-state index in [1.807, 2.05) is 62.3 Å². The molecule has 4 N–H and O–H groups in total. The third-order valence-electron chi connectivity index (χ3n) is 4.52. The fraction of sp³-hybridized carbons (Fsp3) is 0.500. The molecule has 0 amide bonds. The summed E-state index contributed by atoms with van der Waals surface area (Å²) in [5, 5.41) is 38.7. The third kappa shape index (κ3) is 6.08. The van der Waals surface area contributed by atoms with Crippen LogP contribution >= 0.6 is 0 Å². The summed E-state index contributed by atoms with van der Waals surface area (Å²) in [6, 6.07) is 7.93. The molecule has 0 saturated heterocycles. The molecule has 156 valence electrons. The zero-order valence-corrected chi connectivity index (χ0v) is 18.7. The van der Waals surface area contributed by atoms with Crippen LogP contribution in [0.4, 0.5) is 0 Å². The van der Waals surface area contributed by atoms with Gasteiger partial charge in [-0.05, 0) is 46.6 Å². The Balaban J connectivity index is 0.000000292. The van der Waals surface area contributed by atoms with Crippen molar-refractivity contribution in [2.45, 2.75) is 78.6 Å². The van der Waals surface area contributed by atoms with Crippen molar-refractivity contribution in [2.24, 2.45) is 0 Å². The molecule has 0 aliphatic carbocycles. The van der Waals surface area contributed by atoms with Gasteiger partial charge in [0.25, 0.3) is 0 Å². The van der Waals surface area contributed by atoms with Crippen LogP contribution in [0.3, 0.4) is 0 Å². The predicted molar refractivity (Wildman–Crippen MR) is 116 cm³/mol. The first kappa shape index (κ1) is 23.7. The minimum atomic E-state index is -0.169. The molecule has 0 bridgehead atoms. The third-order valence-corrected chi connectivity index (χ3v) is 4.52. The van der Waals surface area contributed by atoms with Gasteiger partial charge in [-0.15, -0.1) is 0 Å². The summed E-state index contributed by atoms with van der Waals surface area (Å²) >= 11 is 0. The molecule has 0 unspecified atom stereocenters. The zero-order valence-electron chi connectivity index (χ0n) is 18.7. The Bertz CT molecular complexity index is 776. The molecule has 0 aliphatic rings. The average molecular weight is 389 g/mol. The number of hydrogen-bond acceptors (Lipinski definition) is 4. The Kier molecular flexibility index (Phi) is 6.72. The first-order chi connectivity index (χ1) is 12.4. The van der Waals surface area contributed by atoms with Crippen LogP contribution in [0.2, 0.25) is 0 Å². The molecule has 2 aromatic rings. The number of rotatable bonds is 0. The van der Waals surface area contributed by atoms with Crippen LogP contribution in [-0.2, 0) is 16.2 Å². The number of benzene rings is 2. The molecule has 2 rings (SSSR count). The predicted octanol–water partition coefficient (Wildman–Crippen LogP) is 6.09. The Hall–Kier alpha value is -2.36. The highest BCUT2D eigenvalue weighted by atomic mass is 16.3. The van der Waals surface area contributed by atoms with Crippen molar-refractivity contribution >= 4 is 0 Å². The minimum absolute atomic E-state index is 0.136. The summed E-state index contributed by atoms with van der Waals surface area (Å²) in [4.78, 5) is 0. The van der Waals surface area contributed by atoms with E-state index in [9.17, 15) is 20.4 Å². The van der Waals surface area contributed by atoms with Gasteiger partial charge in [-0.3, -0.25) is 0 Å². The van der Waals surface area contributed by atoms with Crippen molar-refractivity contribution in [2.75, 3.05) is 0 Å². The molecule has 0 spiro atoms. The maximum atomic E-state index is 10.0. The Morgan fingerprint density at radius 2 is 0.786 bits per heavy atom. The van der Waals surface area contributed by atoms with E-state index < -0.39 is 0 Å². The van der Waals surface area contributed by atoms with Gasteiger partial charge in [0.2, 0.25) is 0 Å². The zero-order chi connectivity index (χ0) is 22.1. The van der Waals surface area contributed by atoms with Gasteiger partial charge in [0.1, 0.15) is 23.0 Å². The summed E-state index contributed by atoms with van der Waals surface area (Å²) in [6.07, 6.45) is 0. The second-order valence-corrected chi connectivity index (χ2v) is 10.3. The summed E-state index contributed by atoms with van der Waals surface area (Å²) in [7, 11) is 0. The fourth-order valence-electron chi connectivity index (χ4n) is 2.90. The monoisotopic (exact) mass is 388 g/mol. The normalized spacial score (nSPS) is 12.3. The van der Waals surface area contributed by atoms with E-state index in [0.29, 0.717) is 0 Å². The molecule has 28 heavy (non-hydrogen) atoms. The van der Waals surface area contributed by atoms with E-state index in [4.69, 9.17) is 0 Å². The van der Waals surface area contributed by atoms with E-state index in [2.05, 4.69) is 0 Å². The van der Waals surface area contributed by atoms with Gasteiger partial charge in [0.05, 0.1) is 0 Å². The van der Waals surface area contributed by atoms with Crippen LogP contribution in [0.1, 0.15) is 79.0 Å². The van der Waals surface area contributed by atoms with Crippen molar-refractivity contribution in [3.63, 3.8) is 0 Å². The van der Waals surface area contributed by atoms with Crippen LogP contribution in [-0.4, -0.2) is 20.4 Å². The summed E-state index contributed by atoms with van der Waals surface area (Å²) in [5.74, 6) is 0.948. The van der Waals surface area contributed by atoms with E-state index in [1.165, 1.54) is 12.1 Å². The molecular formula is C24H36O4. The van der Waals surface area contributed by atoms with Gasteiger partial charge in [-0.1, -0.05) is 62.3 Å². The van der Waals surface area contributed by atoms with Crippen molar-refractivity contribution in [3.05, 3.63) is 47.0 Å². The standard InChI is InChI=1S/C14H22O2.C10H14O2/c1-13(2,3)9-7-12(16)10(8-11(9)15)14(4,5)6;1-10(2,3)8-6-7(11)4-5-9(8)12/h7-8,15-16H,1-6H3;4-6,11-12H,1-3H3. The molecule has 0 saturated carbocycles. The number of aromatic hydroxyl groups is 4. The molecule has 4 nitrogen and oxygen atoms in total. The molecule has 0 aliphatic heterocycles. The second kappa shape index (κ2) is 7.94. The topological polar surface area (TPSA) is 80.9 Å². The van der Waals surface area contributed by atoms with Gasteiger partial charge in [-0.2, -0.15) is 0 Å². The lowest BCUT2D eigenvalue weighted by atomic mass is 9.81. The summed E-state index contributed by atoms with van der Waals surface area (Å²) < 4.78 is 0. The van der Waals surface area contributed by atoms with Crippen molar-refractivity contribution in [1.82, 2.24) is 0 Å². The quantitative estimate of drug-likeness (QED) is 0.412. The Morgan fingerprint density at radius 1 is 0.464 bits per heavy atom. The van der Waals surface area contributed by atoms with Gasteiger partial charge >= 0.3 is 0 Å². The van der Waals surface area contributed by atoms with Crippen LogP contribution in [0, 0.1) is 0 Å². The maximum Gasteiger partial charge on any atom is 0.119 e. The summed E-state index contributed by atoms with van der Waals surface area (Å²) in [5.41, 5.74) is 1.84. The number of phenolic OH excluding ortho intramolecular Hbond substituents is 4. The number of phenols is 4. The SMILES string of the molecule is CC(C)(C)c1cc(O)c(C(C)(C)C)cc1O.CC(C)(C)c1cc(O)ccc1O. The smallest absolute Gasteiger partial charge is 0.119 e. The first-order valence-electron chi connectivity index (χ1n) is 9.54. The molecule has 0 aromatic heterocycles.